The smallest absolute Gasteiger partial charge is 0.251 e. The summed E-state index contributed by atoms with van der Waals surface area (Å²) in [5, 5.41) is 13.9. The Morgan fingerprint density at radius 2 is 1.95 bits per heavy atom. The van der Waals surface area contributed by atoms with Crippen LogP contribution in [-0.2, 0) is 4.79 Å². The molecule has 0 heterocycles. The van der Waals surface area contributed by atoms with Crippen LogP contribution in [0.5, 0.6) is 0 Å². The van der Waals surface area contributed by atoms with E-state index in [0.29, 0.717) is 17.7 Å². The van der Waals surface area contributed by atoms with Crippen LogP contribution in [0, 0.1) is 0 Å². The van der Waals surface area contributed by atoms with E-state index in [1.54, 1.807) is 24.3 Å². The van der Waals surface area contributed by atoms with Crippen molar-refractivity contribution in [3.8, 4) is 0 Å². The molecule has 1 aromatic carbocycles. The number of nitrogens with one attached hydrogen (secondary N) is 2. The Balaban J connectivity index is 2.54. The Morgan fingerprint density at radius 3 is 2.52 bits per heavy atom. The summed E-state index contributed by atoms with van der Waals surface area (Å²) in [4.78, 5) is 23.5. The first kappa shape index (κ1) is 17.1. The minimum atomic E-state index is -0.516. The van der Waals surface area contributed by atoms with Crippen molar-refractivity contribution >= 4 is 17.5 Å². The predicted molar refractivity (Wildman–Crippen MR) is 82.0 cm³/mol. The maximum Gasteiger partial charge on any atom is 0.251 e. The van der Waals surface area contributed by atoms with Crippen LogP contribution in [0.2, 0.25) is 0 Å². The Labute approximate surface area is 124 Å². The molecule has 1 atom stereocenters. The van der Waals surface area contributed by atoms with Crippen LogP contribution in [0.3, 0.4) is 0 Å². The zero-order valence-electron chi connectivity index (χ0n) is 12.3. The Hall–Kier alpha value is -1.92. The van der Waals surface area contributed by atoms with Crippen LogP contribution < -0.4 is 16.4 Å². The molecule has 0 saturated carbocycles. The highest BCUT2D eigenvalue weighted by Gasteiger charge is 2.13. The topological polar surface area (TPSA) is 104 Å². The molecule has 0 spiro atoms. The van der Waals surface area contributed by atoms with Crippen molar-refractivity contribution < 1.29 is 14.7 Å². The molecule has 0 aromatic heterocycles. The number of carbonyl (C=O) groups excluding carboxylic acids is 2. The van der Waals surface area contributed by atoms with Crippen molar-refractivity contribution in [3.63, 3.8) is 0 Å². The molecule has 5 N–H and O–H groups in total. The first-order valence-electron chi connectivity index (χ1n) is 7.14. The third-order valence-electron chi connectivity index (χ3n) is 3.02. The number of unbranched alkanes of at least 4 members (excludes halogenated alkanes) is 1. The molecule has 21 heavy (non-hydrogen) atoms. The highest BCUT2D eigenvalue weighted by molar-refractivity contribution is 5.97. The van der Waals surface area contributed by atoms with Crippen molar-refractivity contribution in [2.75, 3.05) is 18.5 Å². The maximum atomic E-state index is 11.8. The van der Waals surface area contributed by atoms with Gasteiger partial charge in [-0.25, -0.2) is 0 Å². The van der Waals surface area contributed by atoms with Crippen LogP contribution >= 0.6 is 0 Å². The van der Waals surface area contributed by atoms with Gasteiger partial charge in [0.2, 0.25) is 5.91 Å². The van der Waals surface area contributed by atoms with Crippen molar-refractivity contribution in [3.05, 3.63) is 29.8 Å². The Bertz CT molecular complexity index is 460. The SMILES string of the molecule is CCCC[C@H](N)C(=O)Nc1ccc(C(=O)NCCO)cc1. The van der Waals surface area contributed by atoms with E-state index >= 15 is 0 Å². The van der Waals surface area contributed by atoms with E-state index in [-0.39, 0.29) is 25.0 Å². The quantitative estimate of drug-likeness (QED) is 0.570. The minimum Gasteiger partial charge on any atom is -0.395 e. The molecular formula is C15H23N3O3. The normalized spacial score (nSPS) is 11.8. The number of anilines is 1. The first-order chi connectivity index (χ1) is 10.1. The number of hydrogen-bond acceptors (Lipinski definition) is 4. The van der Waals surface area contributed by atoms with Gasteiger partial charge in [-0.3, -0.25) is 9.59 Å². The highest BCUT2D eigenvalue weighted by Crippen LogP contribution is 2.10. The van der Waals surface area contributed by atoms with Gasteiger partial charge in [-0.1, -0.05) is 19.8 Å². The Kier molecular flexibility index (Phi) is 7.42. The molecule has 116 valence electrons. The number of carbonyl (C=O) groups is 2. The number of aliphatic hydroxyl groups excluding tert-OH is 1. The monoisotopic (exact) mass is 293 g/mol. The number of amides is 2. The van der Waals surface area contributed by atoms with Gasteiger partial charge < -0.3 is 21.5 Å². The fourth-order valence-corrected chi connectivity index (χ4v) is 1.77. The maximum absolute atomic E-state index is 11.8. The van der Waals surface area contributed by atoms with Gasteiger partial charge in [0.05, 0.1) is 12.6 Å². The molecule has 2 amide bonds. The third kappa shape index (κ3) is 5.93. The summed E-state index contributed by atoms with van der Waals surface area (Å²) in [5.41, 5.74) is 6.86. The molecule has 1 aromatic rings. The van der Waals surface area contributed by atoms with E-state index in [1.165, 1.54) is 0 Å². The highest BCUT2D eigenvalue weighted by atomic mass is 16.3. The second kappa shape index (κ2) is 9.10. The zero-order chi connectivity index (χ0) is 15.7. The van der Waals surface area contributed by atoms with Gasteiger partial charge in [-0.05, 0) is 30.7 Å². The van der Waals surface area contributed by atoms with Crippen molar-refractivity contribution in [1.82, 2.24) is 5.32 Å². The number of aliphatic hydroxyl groups is 1. The standard InChI is InChI=1S/C15H23N3O3/c1-2-3-4-13(16)15(21)18-12-7-5-11(6-8-12)14(20)17-9-10-19/h5-8,13,19H,2-4,9-10,16H2,1H3,(H,17,20)(H,18,21)/t13-/m0/s1. The predicted octanol–water partition coefficient (Wildman–Crippen LogP) is 0.865. The molecule has 0 fully saturated rings. The first-order valence-corrected chi connectivity index (χ1v) is 7.14. The molecule has 0 bridgehead atoms. The second-order valence-corrected chi connectivity index (χ2v) is 4.79. The average Bonchev–Trinajstić information content (AvgIpc) is 2.50. The fraction of sp³-hybridized carbons (Fsp3) is 0.467. The van der Waals surface area contributed by atoms with E-state index in [1.807, 2.05) is 6.92 Å². The number of benzene rings is 1. The molecule has 0 aliphatic carbocycles. The minimum absolute atomic E-state index is 0.102. The van der Waals surface area contributed by atoms with E-state index < -0.39 is 6.04 Å². The summed E-state index contributed by atoms with van der Waals surface area (Å²) >= 11 is 0. The molecular weight excluding hydrogens is 270 g/mol. The van der Waals surface area contributed by atoms with Crippen LogP contribution in [0.15, 0.2) is 24.3 Å². The lowest BCUT2D eigenvalue weighted by Crippen LogP contribution is -2.35. The zero-order valence-corrected chi connectivity index (χ0v) is 12.3. The summed E-state index contributed by atoms with van der Waals surface area (Å²) in [6, 6.07) is 6.01. The van der Waals surface area contributed by atoms with Gasteiger partial charge in [-0.2, -0.15) is 0 Å². The molecule has 0 aliphatic rings. The summed E-state index contributed by atoms with van der Waals surface area (Å²) in [5.74, 6) is -0.484. The third-order valence-corrected chi connectivity index (χ3v) is 3.02. The fourth-order valence-electron chi connectivity index (χ4n) is 1.77. The van der Waals surface area contributed by atoms with E-state index in [4.69, 9.17) is 10.8 Å². The second-order valence-electron chi connectivity index (χ2n) is 4.79. The molecule has 0 aliphatic heterocycles. The van der Waals surface area contributed by atoms with Crippen LogP contribution in [0.1, 0.15) is 36.5 Å². The lowest BCUT2D eigenvalue weighted by molar-refractivity contribution is -0.117. The van der Waals surface area contributed by atoms with Crippen LogP contribution in [0.4, 0.5) is 5.69 Å². The molecule has 0 saturated heterocycles. The largest absolute Gasteiger partial charge is 0.395 e. The van der Waals surface area contributed by atoms with Gasteiger partial charge in [0.15, 0.2) is 0 Å². The van der Waals surface area contributed by atoms with Crippen molar-refractivity contribution in [1.29, 1.82) is 0 Å². The van der Waals surface area contributed by atoms with Gasteiger partial charge in [0, 0.05) is 17.8 Å². The van der Waals surface area contributed by atoms with E-state index in [0.717, 1.165) is 12.8 Å². The van der Waals surface area contributed by atoms with E-state index in [2.05, 4.69) is 10.6 Å². The van der Waals surface area contributed by atoms with Crippen molar-refractivity contribution in [2.45, 2.75) is 32.2 Å². The number of rotatable bonds is 8. The Morgan fingerprint density at radius 1 is 1.29 bits per heavy atom. The van der Waals surface area contributed by atoms with Crippen LogP contribution in [0.25, 0.3) is 0 Å². The molecule has 6 heteroatoms. The van der Waals surface area contributed by atoms with Gasteiger partial charge in [0.25, 0.3) is 5.91 Å². The number of hydrogen-bond donors (Lipinski definition) is 4. The van der Waals surface area contributed by atoms with Gasteiger partial charge >= 0.3 is 0 Å². The van der Waals surface area contributed by atoms with E-state index in [9.17, 15) is 9.59 Å². The molecule has 1 rings (SSSR count). The lowest BCUT2D eigenvalue weighted by Gasteiger charge is -2.12. The number of nitrogens with two attached hydrogens (primary N) is 1. The molecule has 6 nitrogen and oxygen atoms in total. The molecule has 0 radical (unpaired) electrons. The average molecular weight is 293 g/mol. The lowest BCUT2D eigenvalue weighted by atomic mass is 10.1. The summed E-state index contributed by atoms with van der Waals surface area (Å²) < 4.78 is 0. The summed E-state index contributed by atoms with van der Waals surface area (Å²) in [6.07, 6.45) is 2.57. The summed E-state index contributed by atoms with van der Waals surface area (Å²) in [7, 11) is 0. The molecule has 0 unspecified atom stereocenters. The van der Waals surface area contributed by atoms with Gasteiger partial charge in [0.1, 0.15) is 0 Å². The van der Waals surface area contributed by atoms with Gasteiger partial charge in [-0.15, -0.1) is 0 Å². The summed E-state index contributed by atoms with van der Waals surface area (Å²) in [6.45, 7) is 2.16. The van der Waals surface area contributed by atoms with Crippen LogP contribution in [-0.4, -0.2) is 36.1 Å². The van der Waals surface area contributed by atoms with Crippen molar-refractivity contribution in [2.24, 2.45) is 5.73 Å².